The first-order valence-corrected chi connectivity index (χ1v) is 3.83. The Morgan fingerprint density at radius 2 is 1.91 bits per heavy atom. The molecule has 0 atom stereocenters. The van der Waals surface area contributed by atoms with Crippen LogP contribution in [0.2, 0.25) is 0 Å². The minimum Gasteiger partial charge on any atom is -0.459 e. The molecular weight excluding hydrogens is 142 g/mol. The van der Waals surface area contributed by atoms with Crippen molar-refractivity contribution in [3.05, 3.63) is 12.5 Å². The first-order chi connectivity index (χ1) is 5.08. The molecule has 0 amide bonds. The van der Waals surface area contributed by atoms with Gasteiger partial charge in [-0.1, -0.05) is 0 Å². The molecule has 0 fully saturated rings. The molecule has 1 aliphatic rings. The van der Waals surface area contributed by atoms with Crippen molar-refractivity contribution in [2.45, 2.75) is 38.5 Å². The number of hydrogen-bond acceptors (Lipinski definition) is 3. The average Bonchev–Trinajstić information content (AvgIpc) is 2.32. The zero-order chi connectivity index (χ0) is 8.32. The van der Waals surface area contributed by atoms with E-state index in [9.17, 15) is 0 Å². The predicted octanol–water partition coefficient (Wildman–Crippen LogP) is 1.35. The van der Waals surface area contributed by atoms with Gasteiger partial charge in [-0.2, -0.15) is 0 Å². The molecule has 0 aromatic heterocycles. The fraction of sp³-hybridized carbons (Fsp3) is 0.750. The summed E-state index contributed by atoms with van der Waals surface area (Å²) in [5, 5.41) is 0. The second-order valence-electron chi connectivity index (χ2n) is 3.50. The van der Waals surface area contributed by atoms with E-state index in [1.54, 1.807) is 12.5 Å². The maximum Gasteiger partial charge on any atom is 0.239 e. The van der Waals surface area contributed by atoms with E-state index in [1.165, 1.54) is 0 Å². The van der Waals surface area contributed by atoms with E-state index in [0.717, 1.165) is 12.8 Å². The second-order valence-corrected chi connectivity index (χ2v) is 3.50. The lowest BCUT2D eigenvalue weighted by molar-refractivity contribution is -0.0320. The second kappa shape index (κ2) is 3.13. The molecule has 0 saturated heterocycles. The summed E-state index contributed by atoms with van der Waals surface area (Å²) in [6.07, 6.45) is 4.76. The van der Waals surface area contributed by atoms with Gasteiger partial charge >= 0.3 is 0 Å². The quantitative estimate of drug-likeness (QED) is 0.672. The largest absolute Gasteiger partial charge is 0.459 e. The number of hydrogen-bond donors (Lipinski definition) is 1. The highest BCUT2D eigenvalue weighted by Gasteiger charge is 2.17. The number of rotatable bonds is 3. The van der Waals surface area contributed by atoms with Crippen LogP contribution in [0.3, 0.4) is 0 Å². The molecule has 64 valence electrons. The molecule has 0 aliphatic carbocycles. The van der Waals surface area contributed by atoms with Crippen molar-refractivity contribution in [3.8, 4) is 0 Å². The molecule has 0 unspecified atom stereocenters. The summed E-state index contributed by atoms with van der Waals surface area (Å²) in [6.45, 7) is 3.99. The van der Waals surface area contributed by atoms with Gasteiger partial charge in [-0.25, -0.2) is 0 Å². The topological polar surface area (TPSA) is 44.5 Å². The Hall–Kier alpha value is -0.700. The monoisotopic (exact) mass is 157 g/mol. The molecular formula is C8H15NO2. The van der Waals surface area contributed by atoms with Crippen LogP contribution in [0.25, 0.3) is 0 Å². The van der Waals surface area contributed by atoms with E-state index < -0.39 is 0 Å². The highest BCUT2D eigenvalue weighted by Crippen LogP contribution is 2.15. The van der Waals surface area contributed by atoms with Crippen molar-refractivity contribution >= 4 is 0 Å². The molecule has 1 rings (SSSR count). The summed E-state index contributed by atoms with van der Waals surface area (Å²) in [5.41, 5.74) is 5.65. The van der Waals surface area contributed by atoms with Crippen LogP contribution in [0.15, 0.2) is 12.5 Å². The van der Waals surface area contributed by atoms with Crippen LogP contribution in [0, 0.1) is 0 Å². The van der Waals surface area contributed by atoms with Crippen molar-refractivity contribution in [2.24, 2.45) is 5.73 Å². The van der Waals surface area contributed by atoms with Crippen molar-refractivity contribution in [2.75, 3.05) is 0 Å². The van der Waals surface area contributed by atoms with Crippen molar-refractivity contribution in [3.63, 3.8) is 0 Å². The van der Waals surface area contributed by atoms with Gasteiger partial charge in [-0.15, -0.1) is 0 Å². The van der Waals surface area contributed by atoms with Crippen LogP contribution >= 0.6 is 0 Å². The van der Waals surface area contributed by atoms with Gasteiger partial charge in [0.05, 0.1) is 0 Å². The molecule has 0 bridgehead atoms. The standard InChI is InChI=1S/C8H15NO2/c1-8(2,9)4-3-7-10-5-6-11-7/h5-7H,3-4,9H2,1-2H3. The molecule has 0 radical (unpaired) electrons. The van der Waals surface area contributed by atoms with E-state index in [2.05, 4.69) is 0 Å². The summed E-state index contributed by atoms with van der Waals surface area (Å²) < 4.78 is 10.2. The van der Waals surface area contributed by atoms with Gasteiger partial charge in [0.15, 0.2) is 0 Å². The number of ether oxygens (including phenoxy) is 2. The van der Waals surface area contributed by atoms with Gasteiger partial charge in [-0.3, -0.25) is 0 Å². The van der Waals surface area contributed by atoms with Gasteiger partial charge in [0.25, 0.3) is 0 Å². The van der Waals surface area contributed by atoms with Crippen LogP contribution in [0.4, 0.5) is 0 Å². The van der Waals surface area contributed by atoms with Crippen LogP contribution in [0.1, 0.15) is 26.7 Å². The van der Waals surface area contributed by atoms with E-state index in [1.807, 2.05) is 13.8 Å². The third kappa shape index (κ3) is 3.28. The maximum absolute atomic E-state index is 5.78. The lowest BCUT2D eigenvalue weighted by Crippen LogP contribution is -2.33. The molecule has 1 aliphatic heterocycles. The molecule has 1 heterocycles. The normalized spacial score (nSPS) is 18.1. The lowest BCUT2D eigenvalue weighted by atomic mass is 10.0. The third-order valence-electron chi connectivity index (χ3n) is 1.54. The van der Waals surface area contributed by atoms with Gasteiger partial charge < -0.3 is 15.2 Å². The summed E-state index contributed by atoms with van der Waals surface area (Å²) >= 11 is 0. The van der Waals surface area contributed by atoms with E-state index in [4.69, 9.17) is 15.2 Å². The molecule has 3 heteroatoms. The lowest BCUT2D eigenvalue weighted by Gasteiger charge is -2.19. The molecule has 0 saturated carbocycles. The molecule has 0 aromatic carbocycles. The zero-order valence-corrected chi connectivity index (χ0v) is 7.04. The summed E-state index contributed by atoms with van der Waals surface area (Å²) in [7, 11) is 0. The van der Waals surface area contributed by atoms with Crippen molar-refractivity contribution in [1.82, 2.24) is 0 Å². The molecule has 0 aromatic rings. The minimum atomic E-state index is -0.130. The van der Waals surface area contributed by atoms with Crippen LogP contribution in [0.5, 0.6) is 0 Å². The first kappa shape index (κ1) is 8.40. The van der Waals surface area contributed by atoms with Crippen molar-refractivity contribution < 1.29 is 9.47 Å². The van der Waals surface area contributed by atoms with E-state index in [0.29, 0.717) is 0 Å². The highest BCUT2D eigenvalue weighted by atomic mass is 16.7. The van der Waals surface area contributed by atoms with Crippen LogP contribution in [-0.4, -0.2) is 11.8 Å². The van der Waals surface area contributed by atoms with Gasteiger partial charge in [-0.05, 0) is 20.3 Å². The SMILES string of the molecule is CC(C)(N)CCC1OC=CO1. The fourth-order valence-electron chi connectivity index (χ4n) is 0.897. The van der Waals surface area contributed by atoms with Gasteiger partial charge in [0.1, 0.15) is 12.5 Å². The Kier molecular flexibility index (Phi) is 2.39. The summed E-state index contributed by atoms with van der Waals surface area (Å²) in [4.78, 5) is 0. The number of nitrogens with two attached hydrogens (primary N) is 1. The van der Waals surface area contributed by atoms with Crippen molar-refractivity contribution in [1.29, 1.82) is 0 Å². The van der Waals surface area contributed by atoms with Gasteiger partial charge in [0, 0.05) is 12.0 Å². The zero-order valence-electron chi connectivity index (χ0n) is 7.04. The minimum absolute atomic E-state index is 0.113. The van der Waals surface area contributed by atoms with Crippen LogP contribution < -0.4 is 5.73 Å². The Balaban J connectivity index is 2.13. The molecule has 11 heavy (non-hydrogen) atoms. The van der Waals surface area contributed by atoms with E-state index >= 15 is 0 Å². The Morgan fingerprint density at radius 1 is 1.36 bits per heavy atom. The third-order valence-corrected chi connectivity index (χ3v) is 1.54. The van der Waals surface area contributed by atoms with Gasteiger partial charge in [0.2, 0.25) is 6.29 Å². The Labute approximate surface area is 67.2 Å². The summed E-state index contributed by atoms with van der Waals surface area (Å²) in [5.74, 6) is 0. The first-order valence-electron chi connectivity index (χ1n) is 3.83. The predicted molar refractivity (Wildman–Crippen MR) is 42.6 cm³/mol. The molecule has 2 N–H and O–H groups in total. The highest BCUT2D eigenvalue weighted by molar-refractivity contribution is 4.76. The molecule has 3 nitrogen and oxygen atoms in total. The fourth-order valence-corrected chi connectivity index (χ4v) is 0.897. The van der Waals surface area contributed by atoms with Crippen LogP contribution in [-0.2, 0) is 9.47 Å². The average molecular weight is 157 g/mol. The summed E-state index contributed by atoms with van der Waals surface area (Å²) in [6, 6.07) is 0. The molecule has 0 spiro atoms. The van der Waals surface area contributed by atoms with E-state index in [-0.39, 0.29) is 11.8 Å². The maximum atomic E-state index is 5.78. The smallest absolute Gasteiger partial charge is 0.239 e. The Bertz CT molecular complexity index is 141. The Morgan fingerprint density at radius 3 is 2.36 bits per heavy atom.